The van der Waals surface area contributed by atoms with Gasteiger partial charge >= 0.3 is 23.9 Å². The number of hydrogen-bond donors (Lipinski definition) is 5. The third kappa shape index (κ3) is 9.29. The van der Waals surface area contributed by atoms with E-state index in [1.165, 1.54) is 0 Å². The van der Waals surface area contributed by atoms with Crippen LogP contribution in [0.5, 0.6) is 0 Å². The molecule has 13 nitrogen and oxygen atoms in total. The number of carboxylic acids is 4. The van der Waals surface area contributed by atoms with Crippen molar-refractivity contribution >= 4 is 32.0 Å². The third-order valence-corrected chi connectivity index (χ3v) is 4.22. The fourth-order valence-corrected chi connectivity index (χ4v) is 3.62. The van der Waals surface area contributed by atoms with E-state index in [4.69, 9.17) is 20.4 Å². The molecule has 0 bridgehead atoms. The number of aliphatic carboxylic acids is 4. The summed E-state index contributed by atoms with van der Waals surface area (Å²) in [6.07, 6.45) is -1.93. The van der Waals surface area contributed by atoms with Crippen molar-refractivity contribution < 1.29 is 53.8 Å². The molecule has 0 aromatic rings. The van der Waals surface area contributed by atoms with Gasteiger partial charge in [-0.05, 0) is 0 Å². The molecule has 0 fully saturated rings. The second-order valence-corrected chi connectivity index (χ2v) is 6.69. The minimum atomic E-state index is -2.61. The molecule has 0 unspecified atom stereocenters. The summed E-state index contributed by atoms with van der Waals surface area (Å²) in [5.74, 6) is -6.52. The predicted octanol–water partition coefficient (Wildman–Crippen LogP) is -1.74. The fourth-order valence-electron chi connectivity index (χ4n) is 1.94. The topological polar surface area (TPSA) is 216 Å². The first kappa shape index (κ1) is 22.1. The molecule has 0 spiro atoms. The van der Waals surface area contributed by atoms with Crippen LogP contribution in [0.1, 0.15) is 0 Å². The molecule has 0 amide bonds. The molecule has 0 atom stereocenters. The zero-order valence-corrected chi connectivity index (χ0v) is 13.2. The van der Waals surface area contributed by atoms with E-state index in [0.717, 1.165) is 0 Å². The molecule has 0 aliphatic heterocycles. The number of hydrogen-bond acceptors (Lipinski definition) is 7. The second kappa shape index (κ2) is 8.82. The maximum Gasteiger partial charge on any atom is 0.359 e. The van der Waals surface area contributed by atoms with E-state index >= 15 is 0 Å². The first-order valence-electron chi connectivity index (χ1n) is 6.22. The van der Waals surface area contributed by atoms with Crippen LogP contribution in [-0.4, -0.2) is 97.2 Å². The quantitative estimate of drug-likeness (QED) is 0.147. The van der Waals surface area contributed by atoms with E-state index in [-0.39, 0.29) is 0 Å². The van der Waals surface area contributed by atoms with Crippen molar-refractivity contribution in [1.82, 2.24) is 0 Å². The van der Waals surface area contributed by atoms with Gasteiger partial charge in [0.05, 0.1) is 0 Å². The van der Waals surface area contributed by atoms with Gasteiger partial charge in [-0.1, -0.05) is 0 Å². The van der Waals surface area contributed by atoms with Crippen molar-refractivity contribution in [1.29, 1.82) is 0 Å². The Bertz CT molecular complexity index is 435. The van der Waals surface area contributed by atoms with E-state index in [1.807, 2.05) is 0 Å². The summed E-state index contributed by atoms with van der Waals surface area (Å²) < 4.78 is -3.74. The van der Waals surface area contributed by atoms with Gasteiger partial charge in [0.2, 0.25) is 0 Å². The van der Waals surface area contributed by atoms with Crippen molar-refractivity contribution in [2.45, 2.75) is 0 Å². The van der Waals surface area contributed by atoms with Gasteiger partial charge in [-0.2, -0.15) is 0 Å². The largest absolute Gasteiger partial charge is 0.632 e. The minimum absolute atomic E-state index is 0.963. The van der Waals surface area contributed by atoms with E-state index in [0.29, 0.717) is 0 Å². The third-order valence-electron chi connectivity index (χ3n) is 2.54. The van der Waals surface area contributed by atoms with Crippen LogP contribution in [0, 0.1) is 10.4 Å². The lowest BCUT2D eigenvalue weighted by atomic mass is 10.5. The van der Waals surface area contributed by atoms with Crippen LogP contribution in [-0.2, 0) is 19.2 Å². The highest BCUT2D eigenvalue weighted by atomic mass is 31.1. The Kier molecular flexibility index (Phi) is 8.13. The van der Waals surface area contributed by atoms with Crippen LogP contribution in [0.15, 0.2) is 0 Å². The number of rotatable bonds is 12. The summed E-state index contributed by atoms with van der Waals surface area (Å²) >= 11 is 0. The average Bonchev–Trinajstić information content (AvgIpc) is 2.20. The van der Waals surface area contributed by atoms with Gasteiger partial charge in [-0.15, -0.1) is 0 Å². The maximum absolute atomic E-state index is 12.2. The maximum atomic E-state index is 12.2. The van der Waals surface area contributed by atoms with Crippen LogP contribution < -0.4 is 0 Å². The van der Waals surface area contributed by atoms with Gasteiger partial charge in [0.15, 0.2) is 26.2 Å². The Hall–Kier alpha value is -1.89. The normalized spacial score (nSPS) is 12.2. The van der Waals surface area contributed by atoms with Crippen molar-refractivity contribution in [3.63, 3.8) is 0 Å². The highest BCUT2D eigenvalue weighted by molar-refractivity contribution is 7.51. The average molecular weight is 372 g/mol. The number of carboxylic acid groups (broad SMARTS) is 4. The van der Waals surface area contributed by atoms with E-state index < -0.39 is 80.1 Å². The summed E-state index contributed by atoms with van der Waals surface area (Å²) in [4.78, 5) is 52.4. The summed E-state index contributed by atoms with van der Waals surface area (Å²) in [6.45, 7) is -4.77. The molecule has 5 N–H and O–H groups in total. The Morgan fingerprint density at radius 2 is 0.875 bits per heavy atom. The molecule has 0 aromatic heterocycles. The van der Waals surface area contributed by atoms with Crippen molar-refractivity contribution in [3.05, 3.63) is 10.4 Å². The van der Waals surface area contributed by atoms with Crippen LogP contribution >= 0.6 is 8.15 Å². The Balaban J connectivity index is 5.15. The monoisotopic (exact) mass is 372 g/mol. The molecular weight excluding hydrogens is 355 g/mol. The van der Waals surface area contributed by atoms with Gasteiger partial charge in [0.1, 0.15) is 20.7 Å². The number of hydroxylamine groups is 6. The zero-order valence-electron chi connectivity index (χ0n) is 12.3. The Morgan fingerprint density at radius 1 is 0.667 bits per heavy atom. The lowest BCUT2D eigenvalue weighted by molar-refractivity contribution is -0.862. The van der Waals surface area contributed by atoms with E-state index in [9.17, 15) is 34.5 Å². The SMILES string of the molecule is O=C(O)C[N+]([O-])(CC(=O)O)CP(O)C[N+]([O-])(CC(=O)O)CC(=O)O. The zero-order chi connectivity index (χ0) is 19.1. The minimum Gasteiger partial charge on any atom is -0.632 e. The standard InChI is InChI=1S/C10H17N2O11P/c13-7(14)1-11(21,2-8(15)16)5-24(23)6-12(22,3-9(17)18)4-10(19)20/h23H,1-6H2,(H,13,14)(H,15,16)(H,17,18)(H,19,20). The summed E-state index contributed by atoms with van der Waals surface area (Å²) in [7, 11) is -2.61. The number of nitrogens with zero attached hydrogens (tertiary/aromatic N) is 2. The molecule has 0 rings (SSSR count). The Labute approximate surface area is 136 Å². The molecule has 14 heteroatoms. The first-order valence-corrected chi connectivity index (χ1v) is 7.89. The van der Waals surface area contributed by atoms with Crippen LogP contribution in [0.3, 0.4) is 0 Å². The van der Waals surface area contributed by atoms with E-state index in [2.05, 4.69) is 0 Å². The molecule has 24 heavy (non-hydrogen) atoms. The van der Waals surface area contributed by atoms with E-state index in [1.54, 1.807) is 0 Å². The molecule has 0 aliphatic rings. The van der Waals surface area contributed by atoms with Gasteiger partial charge < -0.3 is 45.0 Å². The summed E-state index contributed by atoms with van der Waals surface area (Å²) in [6, 6.07) is 0. The van der Waals surface area contributed by atoms with Crippen molar-refractivity contribution in [3.8, 4) is 0 Å². The molecule has 0 saturated carbocycles. The van der Waals surface area contributed by atoms with Crippen LogP contribution in [0.4, 0.5) is 0 Å². The summed E-state index contributed by atoms with van der Waals surface area (Å²) in [5, 5.41) is 58.9. The molecule has 0 aliphatic carbocycles. The molecule has 0 aromatic carbocycles. The highest BCUT2D eigenvalue weighted by Gasteiger charge is 2.33. The molecule has 0 saturated heterocycles. The lowest BCUT2D eigenvalue weighted by Crippen LogP contribution is -2.52. The predicted molar refractivity (Wildman–Crippen MR) is 76.1 cm³/mol. The summed E-state index contributed by atoms with van der Waals surface area (Å²) in [5.41, 5.74) is 0. The molecule has 0 heterocycles. The second-order valence-electron chi connectivity index (χ2n) is 5.11. The molecule has 0 radical (unpaired) electrons. The van der Waals surface area contributed by atoms with Gasteiger partial charge in [0, 0.05) is 0 Å². The van der Waals surface area contributed by atoms with Gasteiger partial charge in [-0.3, -0.25) is 0 Å². The van der Waals surface area contributed by atoms with Crippen LogP contribution in [0.2, 0.25) is 0 Å². The number of quaternary nitrogens is 2. The van der Waals surface area contributed by atoms with Crippen molar-refractivity contribution in [2.24, 2.45) is 0 Å². The van der Waals surface area contributed by atoms with Crippen molar-refractivity contribution in [2.75, 3.05) is 38.8 Å². The highest BCUT2D eigenvalue weighted by Crippen LogP contribution is 2.36. The Morgan fingerprint density at radius 3 is 1.04 bits per heavy atom. The smallest absolute Gasteiger partial charge is 0.359 e. The van der Waals surface area contributed by atoms with Gasteiger partial charge in [0.25, 0.3) is 0 Å². The van der Waals surface area contributed by atoms with Crippen LogP contribution in [0.25, 0.3) is 0 Å². The number of carbonyl (C=O) groups is 4. The molecule has 138 valence electrons. The molecular formula is C10H17N2O11P. The van der Waals surface area contributed by atoms with Gasteiger partial charge in [-0.25, -0.2) is 19.2 Å². The first-order chi connectivity index (χ1) is 10.8. The fraction of sp³-hybridized carbons (Fsp3) is 0.600. The lowest BCUT2D eigenvalue weighted by Gasteiger charge is -2.44.